The number of hydrogen-bond donors (Lipinski definition) is 3. The van der Waals surface area contributed by atoms with Crippen molar-refractivity contribution in [3.8, 4) is 5.75 Å². The van der Waals surface area contributed by atoms with Gasteiger partial charge in [-0.2, -0.15) is 0 Å². The minimum Gasteiger partial charge on any atom is -0.506 e. The molecule has 0 atom stereocenters. The van der Waals surface area contributed by atoms with Gasteiger partial charge in [0.05, 0.1) is 10.6 Å². The Bertz CT molecular complexity index is 656. The quantitative estimate of drug-likeness (QED) is 0.804. The number of phenols is 1. The summed E-state index contributed by atoms with van der Waals surface area (Å²) >= 11 is 5.84. The smallest absolute Gasteiger partial charge is 0.336 e. The maximum atomic E-state index is 11.1. The number of nitrogens with one attached hydrogen (secondary N) is 1. The zero-order chi connectivity index (χ0) is 14.7. The monoisotopic (exact) mass is 291 g/mol. The molecule has 0 fully saturated rings. The number of aromatic carboxylic acids is 1. The molecule has 0 bridgehead atoms. The van der Waals surface area contributed by atoms with Gasteiger partial charge in [0.1, 0.15) is 5.75 Å². The Morgan fingerprint density at radius 3 is 2.65 bits per heavy atom. The van der Waals surface area contributed by atoms with E-state index in [1.54, 1.807) is 43.3 Å². The summed E-state index contributed by atoms with van der Waals surface area (Å²) in [6, 6.07) is 10.1. The SMILES string of the molecule is Cc1c(NCc2cccc(Cl)c2O)cccc1C(=O)O. The number of aromatic hydroxyl groups is 1. The van der Waals surface area contributed by atoms with Crippen molar-refractivity contribution in [3.63, 3.8) is 0 Å². The number of hydrogen-bond acceptors (Lipinski definition) is 3. The van der Waals surface area contributed by atoms with E-state index in [0.717, 1.165) is 0 Å². The van der Waals surface area contributed by atoms with Gasteiger partial charge >= 0.3 is 5.97 Å². The van der Waals surface area contributed by atoms with Gasteiger partial charge in [0, 0.05) is 17.8 Å². The first-order valence-electron chi connectivity index (χ1n) is 6.04. The van der Waals surface area contributed by atoms with Crippen LogP contribution in [0, 0.1) is 6.92 Å². The van der Waals surface area contributed by atoms with Gasteiger partial charge in [0.2, 0.25) is 0 Å². The molecule has 5 heteroatoms. The lowest BCUT2D eigenvalue weighted by Gasteiger charge is -2.12. The summed E-state index contributed by atoms with van der Waals surface area (Å²) in [7, 11) is 0. The summed E-state index contributed by atoms with van der Waals surface area (Å²) in [6.07, 6.45) is 0. The average molecular weight is 292 g/mol. The summed E-state index contributed by atoms with van der Waals surface area (Å²) in [4.78, 5) is 11.1. The van der Waals surface area contributed by atoms with E-state index in [1.807, 2.05) is 0 Å². The van der Waals surface area contributed by atoms with E-state index in [2.05, 4.69) is 5.32 Å². The summed E-state index contributed by atoms with van der Waals surface area (Å²) in [5.74, 6) is -0.925. The van der Waals surface area contributed by atoms with Crippen LogP contribution in [0.3, 0.4) is 0 Å². The summed E-state index contributed by atoms with van der Waals surface area (Å²) in [6.45, 7) is 2.10. The van der Waals surface area contributed by atoms with Crippen molar-refractivity contribution in [2.75, 3.05) is 5.32 Å². The number of carboxylic acids is 1. The second-order valence-corrected chi connectivity index (χ2v) is 4.79. The number of phenolic OH excluding ortho intramolecular Hbond substituents is 1. The minimum atomic E-state index is -0.961. The second-order valence-electron chi connectivity index (χ2n) is 4.38. The molecule has 2 aromatic rings. The lowest BCUT2D eigenvalue weighted by Crippen LogP contribution is -2.05. The maximum Gasteiger partial charge on any atom is 0.336 e. The van der Waals surface area contributed by atoms with Crippen molar-refractivity contribution in [2.24, 2.45) is 0 Å². The molecular weight excluding hydrogens is 278 g/mol. The number of benzene rings is 2. The van der Waals surface area contributed by atoms with Crippen LogP contribution >= 0.6 is 11.6 Å². The molecule has 0 saturated carbocycles. The molecule has 0 unspecified atom stereocenters. The highest BCUT2D eigenvalue weighted by Gasteiger charge is 2.10. The highest BCUT2D eigenvalue weighted by atomic mass is 35.5. The first-order chi connectivity index (χ1) is 9.50. The molecule has 0 saturated heterocycles. The van der Waals surface area contributed by atoms with E-state index in [0.29, 0.717) is 28.4 Å². The molecule has 0 radical (unpaired) electrons. The fourth-order valence-corrected chi connectivity index (χ4v) is 2.15. The normalized spacial score (nSPS) is 10.3. The Hall–Kier alpha value is -2.20. The zero-order valence-corrected chi connectivity index (χ0v) is 11.6. The molecule has 104 valence electrons. The second kappa shape index (κ2) is 5.84. The molecular formula is C15H14ClNO3. The van der Waals surface area contributed by atoms with Crippen LogP contribution in [-0.4, -0.2) is 16.2 Å². The van der Waals surface area contributed by atoms with Gasteiger partial charge in [-0.05, 0) is 30.7 Å². The van der Waals surface area contributed by atoms with Crippen LogP contribution in [-0.2, 0) is 6.54 Å². The molecule has 2 aromatic carbocycles. The highest BCUT2D eigenvalue weighted by molar-refractivity contribution is 6.32. The van der Waals surface area contributed by atoms with E-state index in [-0.39, 0.29) is 11.3 Å². The van der Waals surface area contributed by atoms with Crippen LogP contribution in [0.2, 0.25) is 5.02 Å². The van der Waals surface area contributed by atoms with Crippen LogP contribution in [0.25, 0.3) is 0 Å². The third-order valence-electron chi connectivity index (χ3n) is 3.10. The first kappa shape index (κ1) is 14.2. The Labute approximate surface area is 121 Å². The summed E-state index contributed by atoms with van der Waals surface area (Å²) < 4.78 is 0. The van der Waals surface area contributed by atoms with E-state index in [9.17, 15) is 9.90 Å². The maximum absolute atomic E-state index is 11.1. The molecule has 0 heterocycles. The number of para-hydroxylation sites is 1. The summed E-state index contributed by atoms with van der Waals surface area (Å²) in [5.41, 5.74) is 2.27. The molecule has 3 N–H and O–H groups in total. The van der Waals surface area contributed by atoms with Crippen LogP contribution < -0.4 is 5.32 Å². The van der Waals surface area contributed by atoms with Crippen LogP contribution in [0.15, 0.2) is 36.4 Å². The van der Waals surface area contributed by atoms with Crippen LogP contribution in [0.5, 0.6) is 5.75 Å². The number of carbonyl (C=O) groups is 1. The van der Waals surface area contributed by atoms with Crippen molar-refractivity contribution in [2.45, 2.75) is 13.5 Å². The lowest BCUT2D eigenvalue weighted by molar-refractivity contribution is 0.0696. The van der Waals surface area contributed by atoms with Gasteiger partial charge in [0.25, 0.3) is 0 Å². The van der Waals surface area contributed by atoms with Gasteiger partial charge in [-0.1, -0.05) is 29.8 Å². The highest BCUT2D eigenvalue weighted by Crippen LogP contribution is 2.28. The zero-order valence-electron chi connectivity index (χ0n) is 10.9. The van der Waals surface area contributed by atoms with Gasteiger partial charge in [-0.15, -0.1) is 0 Å². The van der Waals surface area contributed by atoms with Crippen LogP contribution in [0.4, 0.5) is 5.69 Å². The van der Waals surface area contributed by atoms with Gasteiger partial charge in [-0.25, -0.2) is 4.79 Å². The largest absolute Gasteiger partial charge is 0.506 e. The van der Waals surface area contributed by atoms with Crippen molar-refractivity contribution in [1.82, 2.24) is 0 Å². The minimum absolute atomic E-state index is 0.0358. The number of rotatable bonds is 4. The van der Waals surface area contributed by atoms with Crippen molar-refractivity contribution in [1.29, 1.82) is 0 Å². The van der Waals surface area contributed by atoms with Crippen LogP contribution in [0.1, 0.15) is 21.5 Å². The Balaban J connectivity index is 2.21. The molecule has 0 amide bonds. The molecule has 4 nitrogen and oxygen atoms in total. The molecule has 0 aliphatic rings. The topological polar surface area (TPSA) is 69.6 Å². The predicted molar refractivity (Wildman–Crippen MR) is 78.6 cm³/mol. The number of carboxylic acid groups (broad SMARTS) is 1. The van der Waals surface area contributed by atoms with E-state index in [1.165, 1.54) is 0 Å². The van der Waals surface area contributed by atoms with Gasteiger partial charge in [-0.3, -0.25) is 0 Å². The number of halogens is 1. The van der Waals surface area contributed by atoms with Gasteiger partial charge in [0.15, 0.2) is 0 Å². The standard InChI is InChI=1S/C15H14ClNO3/c1-9-11(15(19)20)5-3-7-13(9)17-8-10-4-2-6-12(16)14(10)18/h2-7,17-18H,8H2,1H3,(H,19,20). The fourth-order valence-electron chi connectivity index (χ4n) is 1.95. The molecule has 0 spiro atoms. The predicted octanol–water partition coefficient (Wildman–Crippen LogP) is 3.66. The Morgan fingerprint density at radius 1 is 1.25 bits per heavy atom. The van der Waals surface area contributed by atoms with Crippen molar-refractivity contribution < 1.29 is 15.0 Å². The average Bonchev–Trinajstić information content (AvgIpc) is 2.41. The lowest BCUT2D eigenvalue weighted by atomic mass is 10.1. The Morgan fingerprint density at radius 2 is 1.95 bits per heavy atom. The molecule has 0 aromatic heterocycles. The third-order valence-corrected chi connectivity index (χ3v) is 3.41. The summed E-state index contributed by atoms with van der Waals surface area (Å²) in [5, 5.41) is 22.3. The fraction of sp³-hybridized carbons (Fsp3) is 0.133. The van der Waals surface area contributed by atoms with Gasteiger partial charge < -0.3 is 15.5 Å². The third kappa shape index (κ3) is 2.86. The van der Waals surface area contributed by atoms with Crippen molar-refractivity contribution in [3.05, 3.63) is 58.1 Å². The molecule has 0 aliphatic carbocycles. The molecule has 0 aliphatic heterocycles. The molecule has 2 rings (SSSR count). The number of anilines is 1. The van der Waals surface area contributed by atoms with E-state index >= 15 is 0 Å². The first-order valence-corrected chi connectivity index (χ1v) is 6.41. The van der Waals surface area contributed by atoms with E-state index < -0.39 is 5.97 Å². The Kier molecular flexibility index (Phi) is 4.15. The van der Waals surface area contributed by atoms with E-state index in [4.69, 9.17) is 16.7 Å². The van der Waals surface area contributed by atoms with Crippen molar-refractivity contribution >= 4 is 23.3 Å². The molecule has 20 heavy (non-hydrogen) atoms.